The van der Waals surface area contributed by atoms with Crippen molar-refractivity contribution in [3.63, 3.8) is 0 Å². The van der Waals surface area contributed by atoms with E-state index in [2.05, 4.69) is 10.6 Å². The molecule has 3 amide bonds. The van der Waals surface area contributed by atoms with Crippen LogP contribution in [0.2, 0.25) is 0 Å². The third-order valence-electron chi connectivity index (χ3n) is 3.72. The van der Waals surface area contributed by atoms with Gasteiger partial charge in [-0.1, -0.05) is 33.4 Å². The van der Waals surface area contributed by atoms with Gasteiger partial charge in [-0.05, 0) is 24.1 Å². The maximum atomic E-state index is 11.8. The number of piperidine rings is 1. The number of nitrogens with one attached hydrogen (secondary N) is 2. The number of rotatable bonds is 9. The van der Waals surface area contributed by atoms with Gasteiger partial charge in [-0.15, -0.1) is 0 Å². The number of amides is 3. The van der Waals surface area contributed by atoms with Crippen molar-refractivity contribution >= 4 is 17.7 Å². The van der Waals surface area contributed by atoms with Crippen molar-refractivity contribution < 1.29 is 23.9 Å². The molecule has 1 aromatic carbocycles. The van der Waals surface area contributed by atoms with E-state index in [1.54, 1.807) is 24.3 Å². The maximum absolute atomic E-state index is 11.8. The lowest BCUT2D eigenvalue weighted by Crippen LogP contribution is -2.39. The third-order valence-corrected chi connectivity index (χ3v) is 3.72. The van der Waals surface area contributed by atoms with Crippen molar-refractivity contribution in [2.75, 3.05) is 32.9 Å². The van der Waals surface area contributed by atoms with Crippen LogP contribution in [0.5, 0.6) is 5.75 Å². The van der Waals surface area contributed by atoms with Gasteiger partial charge in [0.05, 0.1) is 19.1 Å². The Morgan fingerprint density at radius 1 is 1.21 bits per heavy atom. The van der Waals surface area contributed by atoms with E-state index in [-0.39, 0.29) is 37.7 Å². The minimum absolute atomic E-state index is 0. The first-order valence-corrected chi connectivity index (χ1v) is 9.21. The second kappa shape index (κ2) is 14.6. The summed E-state index contributed by atoms with van der Waals surface area (Å²) in [4.78, 5) is 34.7. The van der Waals surface area contributed by atoms with Crippen LogP contribution in [0.1, 0.15) is 45.6 Å². The second-order valence-electron chi connectivity index (χ2n) is 5.61. The number of nitrogens with two attached hydrogens (primary N) is 1. The fraction of sp³-hybridized carbons (Fsp3) is 0.550. The first kappa shape index (κ1) is 25.6. The highest BCUT2D eigenvalue weighted by atomic mass is 16.5. The van der Waals surface area contributed by atoms with Gasteiger partial charge in [-0.25, -0.2) is 0 Å². The van der Waals surface area contributed by atoms with Gasteiger partial charge in [-0.2, -0.15) is 0 Å². The second-order valence-corrected chi connectivity index (χ2v) is 5.61. The monoisotopic (exact) mass is 395 g/mol. The predicted molar refractivity (Wildman–Crippen MR) is 108 cm³/mol. The molecule has 0 spiro atoms. The molecule has 1 aromatic rings. The number of benzene rings is 1. The van der Waals surface area contributed by atoms with Gasteiger partial charge < -0.3 is 20.5 Å². The molecule has 0 bridgehead atoms. The zero-order valence-electron chi connectivity index (χ0n) is 16.0. The molecule has 0 radical (unpaired) electrons. The number of hydrogen-bond acceptors (Lipinski definition) is 6. The van der Waals surface area contributed by atoms with Crippen LogP contribution in [0.3, 0.4) is 0 Å². The Morgan fingerprint density at radius 3 is 2.50 bits per heavy atom. The minimum atomic E-state index is -0.330. The van der Waals surface area contributed by atoms with Crippen molar-refractivity contribution in [1.82, 2.24) is 10.6 Å². The molecule has 2 rings (SSSR count). The highest BCUT2D eigenvalue weighted by Gasteiger charge is 2.27. The Kier molecular flexibility index (Phi) is 13.3. The minimum Gasteiger partial charge on any atom is -0.484 e. The Bertz CT molecular complexity index is 604. The molecule has 28 heavy (non-hydrogen) atoms. The lowest BCUT2D eigenvalue weighted by atomic mass is 9.90. The predicted octanol–water partition coefficient (Wildman–Crippen LogP) is 1.34. The average molecular weight is 396 g/mol. The molecule has 0 aliphatic carbocycles. The molecule has 1 heterocycles. The standard InChI is InChI=1S/C17H23N3O5.C2H6.CH4/c18-7-9-24-10-8-19-16(22)11-25-13-3-1-12(2-4-13)14-5-6-15(21)20-17(14)23;1-2;/h1-4,14H,5-11,18H2,(H,19,22)(H,20,21,23);1-2H3;1H4. The van der Waals surface area contributed by atoms with Crippen LogP contribution >= 0.6 is 0 Å². The van der Waals surface area contributed by atoms with Gasteiger partial charge in [0.2, 0.25) is 11.8 Å². The number of ether oxygens (including phenoxy) is 2. The summed E-state index contributed by atoms with van der Waals surface area (Å²) in [6.45, 7) is 5.62. The molecule has 1 fully saturated rings. The third kappa shape index (κ3) is 8.96. The number of hydrogen-bond donors (Lipinski definition) is 3. The van der Waals surface area contributed by atoms with Crippen LogP contribution in [-0.4, -0.2) is 50.6 Å². The normalized spacial score (nSPS) is 15.5. The Labute approximate surface area is 167 Å². The summed E-state index contributed by atoms with van der Waals surface area (Å²) in [6.07, 6.45) is 0.837. The molecular formula is C20H33N3O5. The Morgan fingerprint density at radius 2 is 1.89 bits per heavy atom. The van der Waals surface area contributed by atoms with E-state index in [1.165, 1.54) is 0 Å². The summed E-state index contributed by atoms with van der Waals surface area (Å²) in [6, 6.07) is 6.95. The van der Waals surface area contributed by atoms with Gasteiger partial charge in [-0.3, -0.25) is 19.7 Å². The largest absolute Gasteiger partial charge is 0.484 e. The van der Waals surface area contributed by atoms with Crippen LogP contribution in [0.4, 0.5) is 0 Å². The van der Waals surface area contributed by atoms with E-state index < -0.39 is 0 Å². The van der Waals surface area contributed by atoms with E-state index in [0.29, 0.717) is 44.9 Å². The van der Waals surface area contributed by atoms with E-state index in [9.17, 15) is 14.4 Å². The average Bonchev–Trinajstić information content (AvgIpc) is 2.68. The van der Waals surface area contributed by atoms with Gasteiger partial charge >= 0.3 is 0 Å². The topological polar surface area (TPSA) is 120 Å². The first-order valence-electron chi connectivity index (χ1n) is 9.21. The molecule has 158 valence electrons. The number of carbonyl (C=O) groups excluding carboxylic acids is 3. The Hall–Kier alpha value is -2.45. The Balaban J connectivity index is 0.00000235. The fourth-order valence-electron chi connectivity index (χ4n) is 2.46. The molecular weight excluding hydrogens is 362 g/mol. The molecule has 8 heteroatoms. The fourth-order valence-corrected chi connectivity index (χ4v) is 2.46. The van der Waals surface area contributed by atoms with E-state index in [1.807, 2.05) is 13.8 Å². The van der Waals surface area contributed by atoms with Gasteiger partial charge in [0.15, 0.2) is 6.61 Å². The van der Waals surface area contributed by atoms with Crippen molar-refractivity contribution in [2.24, 2.45) is 5.73 Å². The van der Waals surface area contributed by atoms with Crippen molar-refractivity contribution in [2.45, 2.75) is 40.0 Å². The highest BCUT2D eigenvalue weighted by Crippen LogP contribution is 2.26. The lowest BCUT2D eigenvalue weighted by molar-refractivity contribution is -0.134. The van der Waals surface area contributed by atoms with Crippen LogP contribution in [0.25, 0.3) is 0 Å². The quantitative estimate of drug-likeness (QED) is 0.429. The molecule has 4 N–H and O–H groups in total. The van der Waals surface area contributed by atoms with Gasteiger partial charge in [0.1, 0.15) is 5.75 Å². The molecule has 8 nitrogen and oxygen atoms in total. The molecule has 1 unspecified atom stereocenters. The lowest BCUT2D eigenvalue weighted by Gasteiger charge is -2.21. The number of carbonyl (C=O) groups is 3. The maximum Gasteiger partial charge on any atom is 0.258 e. The van der Waals surface area contributed by atoms with E-state index in [0.717, 1.165) is 5.56 Å². The summed E-state index contributed by atoms with van der Waals surface area (Å²) < 4.78 is 10.6. The van der Waals surface area contributed by atoms with Crippen LogP contribution < -0.4 is 21.1 Å². The van der Waals surface area contributed by atoms with E-state index >= 15 is 0 Å². The zero-order valence-corrected chi connectivity index (χ0v) is 16.0. The van der Waals surface area contributed by atoms with Gasteiger partial charge in [0.25, 0.3) is 5.91 Å². The summed E-state index contributed by atoms with van der Waals surface area (Å²) in [7, 11) is 0. The molecule has 1 atom stereocenters. The molecule has 0 aromatic heterocycles. The molecule has 1 saturated heterocycles. The first-order chi connectivity index (χ1) is 13.1. The van der Waals surface area contributed by atoms with Gasteiger partial charge in [0, 0.05) is 19.5 Å². The summed E-state index contributed by atoms with van der Waals surface area (Å²) in [5, 5.41) is 5.01. The highest BCUT2D eigenvalue weighted by molar-refractivity contribution is 6.00. The van der Waals surface area contributed by atoms with Crippen molar-refractivity contribution in [3.8, 4) is 5.75 Å². The number of imide groups is 1. The van der Waals surface area contributed by atoms with Crippen LogP contribution in [0.15, 0.2) is 24.3 Å². The summed E-state index contributed by atoms with van der Waals surface area (Å²) >= 11 is 0. The smallest absolute Gasteiger partial charge is 0.258 e. The molecule has 1 aliphatic heterocycles. The molecule has 1 aliphatic rings. The van der Waals surface area contributed by atoms with Crippen molar-refractivity contribution in [3.05, 3.63) is 29.8 Å². The van der Waals surface area contributed by atoms with Crippen LogP contribution in [-0.2, 0) is 19.1 Å². The summed E-state index contributed by atoms with van der Waals surface area (Å²) in [5.74, 6) is -0.554. The van der Waals surface area contributed by atoms with Crippen molar-refractivity contribution in [1.29, 1.82) is 0 Å². The summed E-state index contributed by atoms with van der Waals surface area (Å²) in [5.41, 5.74) is 6.10. The van der Waals surface area contributed by atoms with Crippen LogP contribution in [0, 0.1) is 0 Å². The van der Waals surface area contributed by atoms with E-state index in [4.69, 9.17) is 15.2 Å². The molecule has 0 saturated carbocycles. The SMILES string of the molecule is C.CC.NCCOCCNC(=O)COc1ccc(C2CCC(=O)NC2=O)cc1. The zero-order chi connectivity index (χ0) is 20.1.